The van der Waals surface area contributed by atoms with Crippen molar-refractivity contribution in [1.82, 2.24) is 4.57 Å². The monoisotopic (exact) mass is 371 g/mol. The number of fused-ring (bicyclic) bond motifs is 4. The minimum Gasteiger partial charge on any atom is -0.458 e. The maximum Gasteiger partial charge on any atom is 0.266 e. The van der Waals surface area contributed by atoms with Crippen LogP contribution in [-0.4, -0.2) is 11.3 Å². The minimum atomic E-state index is 0.143. The summed E-state index contributed by atoms with van der Waals surface area (Å²) in [5.41, 5.74) is 8.52. The minimum absolute atomic E-state index is 0.143. The molecule has 0 atom stereocenters. The van der Waals surface area contributed by atoms with E-state index in [-0.39, 0.29) is 6.71 Å². The Bertz CT molecular complexity index is 1580. The number of para-hydroxylation sites is 1. The second-order valence-corrected chi connectivity index (χ2v) is 8.18. The summed E-state index contributed by atoms with van der Waals surface area (Å²) in [5, 5.41) is 2.56. The highest BCUT2D eigenvalue weighted by atomic mass is 16.5. The van der Waals surface area contributed by atoms with Gasteiger partial charge in [0.2, 0.25) is 0 Å². The lowest BCUT2D eigenvalue weighted by Gasteiger charge is -2.37. The van der Waals surface area contributed by atoms with Crippen molar-refractivity contribution in [2.45, 2.75) is 6.92 Å². The topological polar surface area (TPSA) is 23.4 Å². The molecule has 0 N–H and O–H groups in total. The first-order chi connectivity index (χ1) is 14.3. The van der Waals surface area contributed by atoms with Gasteiger partial charge in [-0.25, -0.2) is 0 Å². The molecule has 0 amide bonds. The number of benzene rings is 4. The Hall–Kier alpha value is -3.66. The van der Waals surface area contributed by atoms with Crippen LogP contribution in [0.5, 0.6) is 23.0 Å². The van der Waals surface area contributed by atoms with Crippen molar-refractivity contribution >= 4 is 44.9 Å². The highest BCUT2D eigenvalue weighted by Gasteiger charge is 2.46. The van der Waals surface area contributed by atoms with Gasteiger partial charge >= 0.3 is 0 Å². The van der Waals surface area contributed by atoms with Gasteiger partial charge < -0.3 is 14.0 Å². The zero-order valence-corrected chi connectivity index (χ0v) is 15.7. The summed E-state index contributed by atoms with van der Waals surface area (Å²) in [5.74, 6) is 3.77. The molecule has 0 radical (unpaired) electrons. The Labute approximate surface area is 167 Å². The molecule has 5 aromatic rings. The molecule has 3 aliphatic heterocycles. The highest BCUT2D eigenvalue weighted by molar-refractivity contribution is 7.00. The van der Waals surface area contributed by atoms with Crippen LogP contribution >= 0.6 is 0 Å². The Morgan fingerprint density at radius 3 is 2.48 bits per heavy atom. The summed E-state index contributed by atoms with van der Waals surface area (Å²) >= 11 is 0. The van der Waals surface area contributed by atoms with Crippen molar-refractivity contribution in [3.05, 3.63) is 72.3 Å². The third-order valence-electron chi connectivity index (χ3n) is 6.77. The molecular weight excluding hydrogens is 357 g/mol. The molecule has 0 aliphatic carbocycles. The van der Waals surface area contributed by atoms with E-state index in [0.717, 1.165) is 28.6 Å². The van der Waals surface area contributed by atoms with Gasteiger partial charge in [0, 0.05) is 21.9 Å². The van der Waals surface area contributed by atoms with E-state index >= 15 is 0 Å². The van der Waals surface area contributed by atoms with Crippen molar-refractivity contribution in [2.75, 3.05) is 0 Å². The van der Waals surface area contributed by atoms with Gasteiger partial charge in [-0.05, 0) is 59.8 Å². The Balaban J connectivity index is 1.69. The van der Waals surface area contributed by atoms with E-state index < -0.39 is 0 Å². The standard InChI is InChI=1S/C25H14BNO2/c1-13-9-11-20-23-25(13)29-19-12-10-15-14-5-2-3-6-16(14)27-17-7-4-8-18(28-20)21(17)26(23)22(19)24(15)27/h2-12H,1H3. The van der Waals surface area contributed by atoms with Crippen LogP contribution in [0.1, 0.15) is 5.56 Å². The summed E-state index contributed by atoms with van der Waals surface area (Å²) in [6.07, 6.45) is 0. The van der Waals surface area contributed by atoms with Crippen LogP contribution in [0.2, 0.25) is 0 Å². The van der Waals surface area contributed by atoms with Gasteiger partial charge in [-0.2, -0.15) is 0 Å². The van der Waals surface area contributed by atoms with Crippen molar-refractivity contribution < 1.29 is 9.47 Å². The van der Waals surface area contributed by atoms with Crippen LogP contribution in [0, 0.1) is 6.92 Å². The van der Waals surface area contributed by atoms with Crippen molar-refractivity contribution in [1.29, 1.82) is 0 Å². The first kappa shape index (κ1) is 14.4. The largest absolute Gasteiger partial charge is 0.458 e. The molecule has 8 rings (SSSR count). The third-order valence-corrected chi connectivity index (χ3v) is 6.77. The molecule has 0 bridgehead atoms. The second kappa shape index (κ2) is 4.49. The molecule has 1 aromatic heterocycles. The smallest absolute Gasteiger partial charge is 0.266 e. The number of nitrogens with zero attached hydrogens (tertiary/aromatic N) is 1. The molecule has 0 saturated heterocycles. The zero-order chi connectivity index (χ0) is 18.9. The zero-order valence-electron chi connectivity index (χ0n) is 15.7. The van der Waals surface area contributed by atoms with Gasteiger partial charge in [-0.3, -0.25) is 0 Å². The van der Waals surface area contributed by atoms with Crippen molar-refractivity contribution in [3.8, 4) is 28.7 Å². The lowest BCUT2D eigenvalue weighted by atomic mass is 9.33. The summed E-state index contributed by atoms with van der Waals surface area (Å²) in [7, 11) is 0. The van der Waals surface area contributed by atoms with E-state index in [1.165, 1.54) is 43.9 Å². The number of ether oxygens (including phenoxy) is 2. The maximum absolute atomic E-state index is 6.50. The fourth-order valence-electron chi connectivity index (χ4n) is 5.64. The van der Waals surface area contributed by atoms with Gasteiger partial charge in [0.25, 0.3) is 6.71 Å². The van der Waals surface area contributed by atoms with E-state index in [1.807, 2.05) is 0 Å². The highest BCUT2D eigenvalue weighted by Crippen LogP contribution is 2.43. The first-order valence-electron chi connectivity index (χ1n) is 10.00. The number of rotatable bonds is 0. The Morgan fingerprint density at radius 2 is 1.52 bits per heavy atom. The SMILES string of the molecule is Cc1ccc2c3c1Oc1ccc4c5ccccc5n5c4c1B3c1c(cccc1-5)O2. The Morgan fingerprint density at radius 1 is 0.690 bits per heavy atom. The molecule has 3 aliphatic rings. The molecular formula is C25H14BNO2. The molecule has 4 heterocycles. The van der Waals surface area contributed by atoms with E-state index in [1.54, 1.807) is 0 Å². The van der Waals surface area contributed by atoms with Crippen LogP contribution in [0.3, 0.4) is 0 Å². The van der Waals surface area contributed by atoms with Gasteiger partial charge in [-0.15, -0.1) is 0 Å². The molecule has 4 aromatic carbocycles. The molecule has 0 unspecified atom stereocenters. The van der Waals surface area contributed by atoms with Gasteiger partial charge in [-0.1, -0.05) is 30.3 Å². The second-order valence-electron chi connectivity index (χ2n) is 8.18. The normalized spacial score (nSPS) is 14.2. The molecule has 0 fully saturated rings. The molecule has 0 saturated carbocycles. The summed E-state index contributed by atoms with van der Waals surface area (Å²) in [6.45, 7) is 2.25. The molecule has 3 nitrogen and oxygen atoms in total. The summed E-state index contributed by atoms with van der Waals surface area (Å²) in [6, 6.07) is 23.6. The lowest BCUT2D eigenvalue weighted by Crippen LogP contribution is -2.60. The van der Waals surface area contributed by atoms with Crippen LogP contribution in [-0.2, 0) is 0 Å². The van der Waals surface area contributed by atoms with E-state index in [0.29, 0.717) is 0 Å². The average molecular weight is 371 g/mol. The van der Waals surface area contributed by atoms with Crippen molar-refractivity contribution in [3.63, 3.8) is 0 Å². The fraction of sp³-hybridized carbons (Fsp3) is 0.0400. The van der Waals surface area contributed by atoms with Gasteiger partial charge in [0.1, 0.15) is 23.0 Å². The molecule has 29 heavy (non-hydrogen) atoms. The fourth-order valence-corrected chi connectivity index (χ4v) is 5.64. The summed E-state index contributed by atoms with van der Waals surface area (Å²) < 4.78 is 15.3. The quantitative estimate of drug-likeness (QED) is 0.374. The lowest BCUT2D eigenvalue weighted by molar-refractivity contribution is 0.462. The van der Waals surface area contributed by atoms with E-state index in [4.69, 9.17) is 9.47 Å². The number of aromatic nitrogens is 1. The van der Waals surface area contributed by atoms with Gasteiger partial charge in [0.05, 0.1) is 11.0 Å². The molecule has 134 valence electrons. The number of aryl methyl sites for hydroxylation is 1. The van der Waals surface area contributed by atoms with Crippen molar-refractivity contribution in [2.24, 2.45) is 0 Å². The number of hydrogen-bond donors (Lipinski definition) is 0. The van der Waals surface area contributed by atoms with Crippen LogP contribution in [0.25, 0.3) is 27.5 Å². The predicted octanol–water partition coefficient (Wildman–Crippen LogP) is 4.13. The summed E-state index contributed by atoms with van der Waals surface area (Å²) in [4.78, 5) is 0. The average Bonchev–Trinajstić information content (AvgIpc) is 3.10. The first-order valence-corrected chi connectivity index (χ1v) is 10.00. The predicted molar refractivity (Wildman–Crippen MR) is 117 cm³/mol. The van der Waals surface area contributed by atoms with E-state index in [9.17, 15) is 0 Å². The number of hydrogen-bond acceptors (Lipinski definition) is 2. The molecule has 0 spiro atoms. The van der Waals surface area contributed by atoms with Crippen LogP contribution in [0.4, 0.5) is 0 Å². The van der Waals surface area contributed by atoms with Gasteiger partial charge in [0.15, 0.2) is 0 Å². The molecule has 4 heteroatoms. The van der Waals surface area contributed by atoms with Crippen LogP contribution < -0.4 is 25.9 Å². The third kappa shape index (κ3) is 1.46. The maximum atomic E-state index is 6.50. The Kier molecular flexibility index (Phi) is 2.22. The van der Waals surface area contributed by atoms with E-state index in [2.05, 4.69) is 78.2 Å². The van der Waals surface area contributed by atoms with Crippen LogP contribution in [0.15, 0.2) is 66.7 Å².